The second-order valence-corrected chi connectivity index (χ2v) is 6.47. The van der Waals surface area contributed by atoms with Crippen LogP contribution in [-0.4, -0.2) is 47.5 Å². The van der Waals surface area contributed by atoms with Crippen LogP contribution in [-0.2, 0) is 9.47 Å². The van der Waals surface area contributed by atoms with E-state index in [2.05, 4.69) is 0 Å². The van der Waals surface area contributed by atoms with Crippen LogP contribution >= 0.6 is 11.6 Å². The van der Waals surface area contributed by atoms with Crippen LogP contribution in [0.4, 0.5) is 14.0 Å². The molecular weight excluding hydrogens is 351 g/mol. The molecule has 2 fully saturated rings. The van der Waals surface area contributed by atoms with Gasteiger partial charge in [-0.3, -0.25) is 0 Å². The van der Waals surface area contributed by atoms with E-state index in [0.717, 1.165) is 5.56 Å². The van der Waals surface area contributed by atoms with Crippen molar-refractivity contribution in [1.29, 1.82) is 0 Å². The fourth-order valence-corrected chi connectivity index (χ4v) is 3.85. The highest BCUT2D eigenvalue weighted by molar-refractivity contribution is 6.30. The smallest absolute Gasteiger partial charge is 0.429 e. The van der Waals surface area contributed by atoms with E-state index in [1.807, 2.05) is 0 Å². The van der Waals surface area contributed by atoms with Crippen LogP contribution in [0.2, 0.25) is 5.02 Å². The molecule has 136 valence electrons. The van der Waals surface area contributed by atoms with Gasteiger partial charge >= 0.3 is 12.2 Å². The summed E-state index contributed by atoms with van der Waals surface area (Å²) in [6, 6.07) is 4.20. The molecule has 1 aliphatic heterocycles. The molecule has 3 rings (SSSR count). The Balaban J connectivity index is 1.89. The van der Waals surface area contributed by atoms with E-state index in [9.17, 15) is 14.0 Å². The average molecular weight is 371 g/mol. The molecule has 0 unspecified atom stereocenters. The lowest BCUT2D eigenvalue weighted by molar-refractivity contribution is -0.0434. The Morgan fingerprint density at radius 3 is 2.40 bits per heavy atom. The quantitative estimate of drug-likeness (QED) is 0.808. The predicted molar refractivity (Wildman–Crippen MR) is 88.7 cm³/mol. The van der Waals surface area contributed by atoms with Gasteiger partial charge in [0.25, 0.3) is 0 Å². The van der Waals surface area contributed by atoms with Crippen molar-refractivity contribution >= 4 is 23.8 Å². The lowest BCUT2D eigenvalue weighted by Crippen LogP contribution is -2.55. The van der Waals surface area contributed by atoms with Gasteiger partial charge in [-0.25, -0.2) is 24.0 Å². The molecule has 0 radical (unpaired) electrons. The molecule has 1 aromatic rings. The summed E-state index contributed by atoms with van der Waals surface area (Å²) in [5.74, 6) is -0.585. The maximum atomic E-state index is 13.8. The van der Waals surface area contributed by atoms with Gasteiger partial charge in [-0.05, 0) is 44.4 Å². The van der Waals surface area contributed by atoms with Crippen LogP contribution in [0.5, 0.6) is 0 Å². The van der Waals surface area contributed by atoms with Crippen molar-refractivity contribution in [2.75, 3.05) is 13.2 Å². The average Bonchev–Trinajstić information content (AvgIpc) is 3.16. The minimum Gasteiger partial charge on any atom is -0.448 e. The van der Waals surface area contributed by atoms with E-state index >= 15 is 0 Å². The molecule has 6 nitrogen and oxygen atoms in total. The van der Waals surface area contributed by atoms with Crippen LogP contribution in [0.15, 0.2) is 18.2 Å². The highest BCUT2D eigenvalue weighted by atomic mass is 35.5. The first-order valence-electron chi connectivity index (χ1n) is 8.34. The Hall–Kier alpha value is -2.02. The second-order valence-electron chi connectivity index (χ2n) is 6.06. The van der Waals surface area contributed by atoms with Gasteiger partial charge in [0.1, 0.15) is 5.82 Å². The molecule has 2 amide bonds. The van der Waals surface area contributed by atoms with Crippen LogP contribution in [0.1, 0.15) is 38.2 Å². The molecule has 1 aromatic carbocycles. The second kappa shape index (κ2) is 7.07. The summed E-state index contributed by atoms with van der Waals surface area (Å²) in [5.41, 5.74) is 0.757. The van der Waals surface area contributed by atoms with E-state index in [1.54, 1.807) is 19.9 Å². The number of hydrogen-bond donors (Lipinski definition) is 0. The van der Waals surface area contributed by atoms with Gasteiger partial charge in [-0.2, -0.15) is 0 Å². The Bertz CT molecular complexity index is 687. The molecule has 0 aromatic heterocycles. The first-order chi connectivity index (χ1) is 12.0. The zero-order chi connectivity index (χ0) is 18.1. The lowest BCUT2D eigenvalue weighted by Gasteiger charge is -2.39. The maximum Gasteiger partial charge on any atom is 0.429 e. The van der Waals surface area contributed by atoms with Crippen molar-refractivity contribution in [2.24, 2.45) is 0 Å². The summed E-state index contributed by atoms with van der Waals surface area (Å²) in [6.45, 7) is 3.83. The van der Waals surface area contributed by atoms with Crippen molar-refractivity contribution < 1.29 is 23.5 Å². The first kappa shape index (κ1) is 17.8. The number of benzene rings is 1. The molecule has 1 aliphatic carbocycles. The third kappa shape index (κ3) is 3.13. The van der Waals surface area contributed by atoms with Gasteiger partial charge in [-0.1, -0.05) is 17.7 Å². The van der Waals surface area contributed by atoms with Gasteiger partial charge < -0.3 is 9.47 Å². The zero-order valence-electron chi connectivity index (χ0n) is 14.1. The summed E-state index contributed by atoms with van der Waals surface area (Å²) in [4.78, 5) is 24.7. The minimum absolute atomic E-state index is 0.0577. The standard InChI is InChI=1S/C17H20ClFN2O4/c1-3-24-16(22)20-11-8-12(10-5-6-13(18)14(19)7-10)15(9-11)21(20)17(23)25-4-2/h5-7,11-12,15H,3-4,8-9H2,1-2H3/t11-,12+,15-/m0/s1. The number of carbonyl (C=O) groups excluding carboxylic acids is 2. The zero-order valence-corrected chi connectivity index (χ0v) is 14.8. The fraction of sp³-hybridized carbons (Fsp3) is 0.529. The summed E-state index contributed by atoms with van der Waals surface area (Å²) in [5, 5.41) is 2.73. The van der Waals surface area contributed by atoms with Crippen LogP contribution < -0.4 is 0 Å². The number of ether oxygens (including phenoxy) is 2. The van der Waals surface area contributed by atoms with Crippen LogP contribution in [0.3, 0.4) is 0 Å². The Morgan fingerprint density at radius 1 is 1.16 bits per heavy atom. The fourth-order valence-electron chi connectivity index (χ4n) is 3.74. The van der Waals surface area contributed by atoms with E-state index in [0.29, 0.717) is 12.8 Å². The molecule has 25 heavy (non-hydrogen) atoms. The van der Waals surface area contributed by atoms with Crippen molar-refractivity contribution in [1.82, 2.24) is 10.0 Å². The number of nitrogens with zero attached hydrogens (tertiary/aromatic N) is 2. The number of hydrazine groups is 1. The Kier molecular flexibility index (Phi) is 5.03. The molecule has 0 spiro atoms. The highest BCUT2D eigenvalue weighted by Crippen LogP contribution is 2.47. The number of halogens is 2. The molecule has 3 atom stereocenters. The molecule has 1 heterocycles. The molecule has 8 heteroatoms. The van der Waals surface area contributed by atoms with E-state index in [1.165, 1.54) is 22.2 Å². The predicted octanol–water partition coefficient (Wildman–Crippen LogP) is 3.94. The molecule has 1 saturated heterocycles. The molecule has 2 aliphatic rings. The van der Waals surface area contributed by atoms with Crippen molar-refractivity contribution in [3.05, 3.63) is 34.6 Å². The summed E-state index contributed by atoms with van der Waals surface area (Å²) < 4.78 is 24.0. The summed E-state index contributed by atoms with van der Waals surface area (Å²) in [6.07, 6.45) is 0.0680. The molecule has 0 N–H and O–H groups in total. The van der Waals surface area contributed by atoms with Gasteiger partial charge in [0.05, 0.1) is 30.3 Å². The maximum absolute atomic E-state index is 13.8. The number of fused-ring (bicyclic) bond motifs is 2. The van der Waals surface area contributed by atoms with Gasteiger partial charge in [0.2, 0.25) is 0 Å². The van der Waals surface area contributed by atoms with Crippen molar-refractivity contribution in [3.63, 3.8) is 0 Å². The monoisotopic (exact) mass is 370 g/mol. The van der Waals surface area contributed by atoms with E-state index in [4.69, 9.17) is 21.1 Å². The minimum atomic E-state index is -0.595. The number of carbonyl (C=O) groups is 2. The third-order valence-electron chi connectivity index (χ3n) is 4.68. The number of amides is 2. The third-order valence-corrected chi connectivity index (χ3v) is 4.98. The topological polar surface area (TPSA) is 59.1 Å². The van der Waals surface area contributed by atoms with Crippen LogP contribution in [0, 0.1) is 5.82 Å². The van der Waals surface area contributed by atoms with Crippen molar-refractivity contribution in [3.8, 4) is 0 Å². The van der Waals surface area contributed by atoms with Gasteiger partial charge in [0.15, 0.2) is 0 Å². The van der Waals surface area contributed by atoms with Crippen LogP contribution in [0.25, 0.3) is 0 Å². The van der Waals surface area contributed by atoms with Gasteiger partial charge in [0, 0.05) is 5.92 Å². The molecular formula is C17H20ClFN2O4. The first-order valence-corrected chi connectivity index (χ1v) is 8.72. The normalized spacial score (nSPS) is 24.6. The largest absolute Gasteiger partial charge is 0.448 e. The SMILES string of the molecule is CCOC(=O)N1[C@H]2C[C@H](c3ccc(Cl)c(F)c3)[C@H](C2)N1C(=O)OCC. The lowest BCUT2D eigenvalue weighted by atomic mass is 9.92. The van der Waals surface area contributed by atoms with Crippen molar-refractivity contribution in [2.45, 2.75) is 44.7 Å². The number of rotatable bonds is 3. The van der Waals surface area contributed by atoms with E-state index in [-0.39, 0.29) is 36.2 Å². The molecule has 2 bridgehead atoms. The highest BCUT2D eigenvalue weighted by Gasteiger charge is 2.55. The van der Waals surface area contributed by atoms with Gasteiger partial charge in [-0.15, -0.1) is 0 Å². The Morgan fingerprint density at radius 2 is 1.80 bits per heavy atom. The van der Waals surface area contributed by atoms with E-state index < -0.39 is 18.0 Å². The number of hydrogen-bond acceptors (Lipinski definition) is 4. The molecule has 1 saturated carbocycles. The summed E-state index contributed by atoms with van der Waals surface area (Å²) >= 11 is 5.76. The summed E-state index contributed by atoms with van der Waals surface area (Å²) in [7, 11) is 0. The Labute approximate surface area is 150 Å².